The van der Waals surface area contributed by atoms with Crippen LogP contribution in [-0.2, 0) is 10.2 Å². The number of hydrogen-bond donors (Lipinski definition) is 1. The highest BCUT2D eigenvalue weighted by Crippen LogP contribution is 2.21. The van der Waals surface area contributed by atoms with Gasteiger partial charge in [-0.05, 0) is 12.1 Å². The van der Waals surface area contributed by atoms with Crippen LogP contribution in [0.4, 0.5) is 5.82 Å². The van der Waals surface area contributed by atoms with Crippen LogP contribution in [0.1, 0.15) is 40.3 Å². The van der Waals surface area contributed by atoms with Crippen LogP contribution in [0.25, 0.3) is 0 Å². The van der Waals surface area contributed by atoms with E-state index >= 15 is 0 Å². The maximum Gasteiger partial charge on any atom is 0.228 e. The summed E-state index contributed by atoms with van der Waals surface area (Å²) in [6.45, 7) is 10.0. The number of amides is 1. The second-order valence-electron chi connectivity index (χ2n) is 5.30. The summed E-state index contributed by atoms with van der Waals surface area (Å²) in [5.74, 6) is 0.602. The first kappa shape index (κ1) is 12.7. The quantitative estimate of drug-likeness (QED) is 0.832. The summed E-state index contributed by atoms with van der Waals surface area (Å²) in [5, 5.41) is 2.80. The minimum atomic E-state index is -0.0277. The number of carbonyl (C=O) groups excluding carboxylic acids is 1. The average molecular weight is 220 g/mol. The van der Waals surface area contributed by atoms with Crippen LogP contribution >= 0.6 is 0 Å². The third-order valence-electron chi connectivity index (χ3n) is 2.29. The third kappa shape index (κ3) is 3.33. The molecule has 1 amide bonds. The highest BCUT2D eigenvalue weighted by atomic mass is 16.1. The Kier molecular flexibility index (Phi) is 3.68. The van der Waals surface area contributed by atoms with Gasteiger partial charge < -0.3 is 5.32 Å². The largest absolute Gasteiger partial charge is 0.310 e. The molecule has 1 heterocycles. The monoisotopic (exact) mass is 220 g/mol. The maximum atomic E-state index is 11.5. The van der Waals surface area contributed by atoms with Gasteiger partial charge in [0.05, 0.1) is 0 Å². The summed E-state index contributed by atoms with van der Waals surface area (Å²) in [6, 6.07) is 5.71. The van der Waals surface area contributed by atoms with Crippen molar-refractivity contribution >= 4 is 11.7 Å². The summed E-state index contributed by atoms with van der Waals surface area (Å²) in [4.78, 5) is 16.0. The zero-order chi connectivity index (χ0) is 12.3. The molecular formula is C13H20N2O. The van der Waals surface area contributed by atoms with Crippen molar-refractivity contribution < 1.29 is 4.79 Å². The van der Waals surface area contributed by atoms with Crippen molar-refractivity contribution in [1.82, 2.24) is 4.98 Å². The number of anilines is 1. The number of nitrogens with zero attached hydrogens (tertiary/aromatic N) is 1. The van der Waals surface area contributed by atoms with Crippen molar-refractivity contribution in [3.8, 4) is 0 Å². The molecule has 0 radical (unpaired) electrons. The van der Waals surface area contributed by atoms with E-state index in [4.69, 9.17) is 0 Å². The first-order chi connectivity index (χ1) is 7.30. The SMILES string of the molecule is CC(C)C(=O)Nc1cccc(C(C)(C)C)n1. The Morgan fingerprint density at radius 3 is 2.44 bits per heavy atom. The van der Waals surface area contributed by atoms with E-state index in [9.17, 15) is 4.79 Å². The topological polar surface area (TPSA) is 42.0 Å². The molecule has 88 valence electrons. The number of carbonyl (C=O) groups is 1. The highest BCUT2D eigenvalue weighted by Gasteiger charge is 2.16. The molecule has 1 rings (SSSR count). The molecule has 0 unspecified atom stereocenters. The van der Waals surface area contributed by atoms with E-state index in [1.54, 1.807) is 0 Å². The molecule has 1 aromatic heterocycles. The Morgan fingerprint density at radius 2 is 1.94 bits per heavy atom. The fourth-order valence-electron chi connectivity index (χ4n) is 1.19. The van der Waals surface area contributed by atoms with Crippen LogP contribution in [0, 0.1) is 5.92 Å². The Morgan fingerprint density at radius 1 is 1.31 bits per heavy atom. The van der Waals surface area contributed by atoms with E-state index in [1.807, 2.05) is 32.0 Å². The Labute approximate surface area is 97.3 Å². The molecule has 16 heavy (non-hydrogen) atoms. The van der Waals surface area contributed by atoms with Gasteiger partial charge in [-0.15, -0.1) is 0 Å². The first-order valence-corrected chi connectivity index (χ1v) is 5.59. The molecule has 0 aliphatic carbocycles. The molecule has 1 N–H and O–H groups in total. The molecule has 0 aliphatic heterocycles. The van der Waals surface area contributed by atoms with Gasteiger partial charge in [0.25, 0.3) is 0 Å². The highest BCUT2D eigenvalue weighted by molar-refractivity contribution is 5.91. The van der Waals surface area contributed by atoms with Crippen LogP contribution in [0.15, 0.2) is 18.2 Å². The normalized spacial score (nSPS) is 11.6. The first-order valence-electron chi connectivity index (χ1n) is 5.59. The molecule has 0 aliphatic rings. The zero-order valence-electron chi connectivity index (χ0n) is 10.7. The van der Waals surface area contributed by atoms with Gasteiger partial charge in [0, 0.05) is 17.0 Å². The lowest BCUT2D eigenvalue weighted by atomic mass is 9.92. The molecule has 0 spiro atoms. The molecule has 0 fully saturated rings. The lowest BCUT2D eigenvalue weighted by Crippen LogP contribution is -2.20. The van der Waals surface area contributed by atoms with E-state index in [0.29, 0.717) is 5.82 Å². The molecule has 0 saturated heterocycles. The van der Waals surface area contributed by atoms with Crippen molar-refractivity contribution in [2.75, 3.05) is 5.32 Å². The molecule has 0 aromatic carbocycles. The van der Waals surface area contributed by atoms with E-state index in [0.717, 1.165) is 5.69 Å². The summed E-state index contributed by atoms with van der Waals surface area (Å²) in [7, 11) is 0. The smallest absolute Gasteiger partial charge is 0.228 e. The second-order valence-corrected chi connectivity index (χ2v) is 5.30. The van der Waals surface area contributed by atoms with Gasteiger partial charge >= 0.3 is 0 Å². The summed E-state index contributed by atoms with van der Waals surface area (Å²) in [5.41, 5.74) is 0.979. The van der Waals surface area contributed by atoms with E-state index < -0.39 is 0 Å². The second kappa shape index (κ2) is 4.64. The fourth-order valence-corrected chi connectivity index (χ4v) is 1.19. The number of pyridine rings is 1. The molecule has 0 atom stereocenters. The molecule has 0 saturated carbocycles. The van der Waals surface area contributed by atoms with Gasteiger partial charge in [-0.3, -0.25) is 4.79 Å². The molecular weight excluding hydrogens is 200 g/mol. The molecule has 3 heteroatoms. The molecule has 1 aromatic rings. The summed E-state index contributed by atoms with van der Waals surface area (Å²) >= 11 is 0. The van der Waals surface area contributed by atoms with E-state index in [1.165, 1.54) is 0 Å². The van der Waals surface area contributed by atoms with Crippen molar-refractivity contribution in [3.05, 3.63) is 23.9 Å². The Balaban J connectivity index is 2.88. The minimum absolute atomic E-state index is 0.00133. The van der Waals surface area contributed by atoms with Crippen LogP contribution in [0.2, 0.25) is 0 Å². The van der Waals surface area contributed by atoms with E-state index in [2.05, 4.69) is 31.1 Å². The van der Waals surface area contributed by atoms with Crippen LogP contribution in [-0.4, -0.2) is 10.9 Å². The van der Waals surface area contributed by atoms with Crippen molar-refractivity contribution in [2.24, 2.45) is 5.92 Å². The van der Waals surface area contributed by atoms with Crippen LogP contribution in [0.3, 0.4) is 0 Å². The van der Waals surface area contributed by atoms with Gasteiger partial charge in [0.2, 0.25) is 5.91 Å². The zero-order valence-corrected chi connectivity index (χ0v) is 10.7. The minimum Gasteiger partial charge on any atom is -0.310 e. The number of aromatic nitrogens is 1. The number of rotatable bonds is 2. The van der Waals surface area contributed by atoms with Gasteiger partial charge in [0.15, 0.2) is 0 Å². The van der Waals surface area contributed by atoms with Crippen LogP contribution in [0.5, 0.6) is 0 Å². The number of nitrogens with one attached hydrogen (secondary N) is 1. The van der Waals surface area contributed by atoms with Crippen molar-refractivity contribution in [1.29, 1.82) is 0 Å². The van der Waals surface area contributed by atoms with Crippen molar-refractivity contribution in [2.45, 2.75) is 40.0 Å². The Hall–Kier alpha value is -1.38. The predicted molar refractivity (Wildman–Crippen MR) is 66.4 cm³/mol. The predicted octanol–water partition coefficient (Wildman–Crippen LogP) is 2.97. The lowest BCUT2D eigenvalue weighted by Gasteiger charge is -2.18. The van der Waals surface area contributed by atoms with Gasteiger partial charge in [-0.25, -0.2) is 4.98 Å². The lowest BCUT2D eigenvalue weighted by molar-refractivity contribution is -0.118. The van der Waals surface area contributed by atoms with Crippen molar-refractivity contribution in [3.63, 3.8) is 0 Å². The van der Waals surface area contributed by atoms with Crippen LogP contribution < -0.4 is 5.32 Å². The van der Waals surface area contributed by atoms with E-state index in [-0.39, 0.29) is 17.2 Å². The van der Waals surface area contributed by atoms with Gasteiger partial charge in [-0.2, -0.15) is 0 Å². The average Bonchev–Trinajstić information content (AvgIpc) is 2.16. The standard InChI is InChI=1S/C13H20N2O/c1-9(2)12(16)15-11-8-6-7-10(14-11)13(3,4)5/h6-9H,1-5H3,(H,14,15,16). The summed E-state index contributed by atoms with van der Waals surface area (Å²) < 4.78 is 0. The summed E-state index contributed by atoms with van der Waals surface area (Å²) in [6.07, 6.45) is 0. The Bertz CT molecular complexity index is 378. The third-order valence-corrected chi connectivity index (χ3v) is 2.29. The fraction of sp³-hybridized carbons (Fsp3) is 0.538. The molecule has 0 bridgehead atoms. The van der Waals surface area contributed by atoms with Gasteiger partial charge in [-0.1, -0.05) is 40.7 Å². The number of hydrogen-bond acceptors (Lipinski definition) is 2. The maximum absolute atomic E-state index is 11.5. The molecule has 3 nitrogen and oxygen atoms in total. The van der Waals surface area contributed by atoms with Gasteiger partial charge in [0.1, 0.15) is 5.82 Å².